The Morgan fingerprint density at radius 1 is 1.35 bits per heavy atom. The molecule has 1 atom stereocenters. The van der Waals surface area contributed by atoms with Crippen molar-refractivity contribution in [2.75, 3.05) is 5.75 Å². The van der Waals surface area contributed by atoms with Crippen LogP contribution >= 0.6 is 11.8 Å². The van der Waals surface area contributed by atoms with Crippen molar-refractivity contribution in [3.05, 3.63) is 53.1 Å². The van der Waals surface area contributed by atoms with Crippen molar-refractivity contribution in [1.82, 2.24) is 24.9 Å². The minimum absolute atomic E-state index is 0.0780. The molecular weight excluding hydrogens is 346 g/mol. The smallest absolute Gasteiger partial charge is 0.252 e. The average Bonchev–Trinajstić information content (AvgIpc) is 3.10. The molecule has 1 unspecified atom stereocenters. The predicted molar refractivity (Wildman–Crippen MR) is 101 cm³/mol. The van der Waals surface area contributed by atoms with Gasteiger partial charge in [-0.15, -0.1) is 11.8 Å². The van der Waals surface area contributed by atoms with E-state index in [0.29, 0.717) is 18.6 Å². The van der Waals surface area contributed by atoms with Crippen molar-refractivity contribution in [1.29, 1.82) is 0 Å². The molecule has 26 heavy (non-hydrogen) atoms. The van der Waals surface area contributed by atoms with Crippen LogP contribution in [0.3, 0.4) is 0 Å². The maximum Gasteiger partial charge on any atom is 0.252 e. The summed E-state index contributed by atoms with van der Waals surface area (Å²) in [5.74, 6) is 1.71. The molecular formula is C19H21N5OS. The lowest BCUT2D eigenvalue weighted by Gasteiger charge is -2.26. The van der Waals surface area contributed by atoms with Crippen molar-refractivity contribution in [2.24, 2.45) is 0 Å². The Morgan fingerprint density at radius 2 is 2.19 bits per heavy atom. The molecule has 3 aromatic rings. The topological polar surface area (TPSA) is 72.2 Å². The van der Waals surface area contributed by atoms with E-state index in [1.165, 1.54) is 16.8 Å². The molecule has 0 saturated heterocycles. The summed E-state index contributed by atoms with van der Waals surface area (Å²) in [6.45, 7) is 3.96. The number of thioether (sulfide) groups is 1. The number of hydrogen-bond acceptors (Lipinski definition) is 5. The Balaban J connectivity index is 1.45. The maximum absolute atomic E-state index is 12.6. The minimum atomic E-state index is 0.0780. The summed E-state index contributed by atoms with van der Waals surface area (Å²) >= 11 is 1.86. The number of fused-ring (bicyclic) bond motifs is 2. The molecule has 1 aromatic carbocycles. The zero-order chi connectivity index (χ0) is 18.1. The fourth-order valence-electron chi connectivity index (χ4n) is 3.51. The van der Waals surface area contributed by atoms with Gasteiger partial charge in [0, 0.05) is 28.5 Å². The number of carbonyl (C=O) groups excluding carboxylic acids is 1. The van der Waals surface area contributed by atoms with Crippen LogP contribution in [-0.2, 0) is 11.2 Å². The van der Waals surface area contributed by atoms with Crippen LogP contribution in [0.5, 0.6) is 0 Å². The zero-order valence-corrected chi connectivity index (χ0v) is 15.7. The van der Waals surface area contributed by atoms with Crippen molar-refractivity contribution < 1.29 is 4.79 Å². The molecule has 4 rings (SSSR count). The van der Waals surface area contributed by atoms with Crippen LogP contribution < -0.4 is 5.32 Å². The van der Waals surface area contributed by atoms with E-state index in [2.05, 4.69) is 38.6 Å². The third kappa shape index (κ3) is 3.19. The van der Waals surface area contributed by atoms with Gasteiger partial charge in [0.05, 0.1) is 6.04 Å². The molecule has 134 valence electrons. The summed E-state index contributed by atoms with van der Waals surface area (Å²) in [6, 6.07) is 8.44. The second-order valence-corrected chi connectivity index (χ2v) is 7.66. The number of rotatable bonds is 4. The molecule has 0 bridgehead atoms. The summed E-state index contributed by atoms with van der Waals surface area (Å²) < 4.78 is 1.73. The van der Waals surface area contributed by atoms with E-state index in [0.717, 1.165) is 29.1 Å². The van der Waals surface area contributed by atoms with Crippen LogP contribution in [-0.4, -0.2) is 31.2 Å². The summed E-state index contributed by atoms with van der Waals surface area (Å²) in [4.78, 5) is 22.4. The molecule has 1 aliphatic heterocycles. The third-order valence-corrected chi connectivity index (χ3v) is 6.01. The largest absolute Gasteiger partial charge is 0.349 e. The van der Waals surface area contributed by atoms with Gasteiger partial charge in [-0.25, -0.2) is 9.50 Å². The van der Waals surface area contributed by atoms with Crippen molar-refractivity contribution in [3.8, 4) is 0 Å². The molecule has 0 saturated carbocycles. The van der Waals surface area contributed by atoms with Gasteiger partial charge in [-0.05, 0) is 43.9 Å². The molecule has 6 nitrogen and oxygen atoms in total. The van der Waals surface area contributed by atoms with Gasteiger partial charge in [0.25, 0.3) is 5.78 Å². The van der Waals surface area contributed by atoms with E-state index in [1.807, 2.05) is 31.7 Å². The van der Waals surface area contributed by atoms with E-state index in [1.54, 1.807) is 4.52 Å². The molecule has 2 aromatic heterocycles. The Bertz CT molecular complexity index is 968. The summed E-state index contributed by atoms with van der Waals surface area (Å²) in [6.07, 6.45) is 3.56. The first-order valence-electron chi connectivity index (χ1n) is 8.80. The first kappa shape index (κ1) is 17.0. The maximum atomic E-state index is 12.6. The van der Waals surface area contributed by atoms with E-state index >= 15 is 0 Å². The molecule has 1 aliphatic rings. The third-order valence-electron chi connectivity index (χ3n) is 4.88. The zero-order valence-electron chi connectivity index (χ0n) is 14.9. The monoisotopic (exact) mass is 367 g/mol. The Labute approximate surface area is 156 Å². The van der Waals surface area contributed by atoms with Gasteiger partial charge < -0.3 is 5.32 Å². The molecule has 0 radical (unpaired) electrons. The quantitative estimate of drug-likeness (QED) is 0.767. The molecule has 1 N–H and O–H groups in total. The number of nitrogens with one attached hydrogen (secondary N) is 1. The molecule has 0 aliphatic carbocycles. The highest BCUT2D eigenvalue weighted by molar-refractivity contribution is 7.99. The lowest BCUT2D eigenvalue weighted by atomic mass is 10.0. The highest BCUT2D eigenvalue weighted by Gasteiger charge is 2.22. The van der Waals surface area contributed by atoms with Gasteiger partial charge in [0.2, 0.25) is 5.91 Å². The van der Waals surface area contributed by atoms with Crippen LogP contribution in [0.1, 0.15) is 41.4 Å². The van der Waals surface area contributed by atoms with Crippen LogP contribution in [0.25, 0.3) is 5.78 Å². The first-order chi connectivity index (χ1) is 12.6. The average molecular weight is 367 g/mol. The highest BCUT2D eigenvalue weighted by Crippen LogP contribution is 2.35. The lowest BCUT2D eigenvalue weighted by molar-refractivity contribution is -0.121. The number of nitrogens with zero attached hydrogens (tertiary/aromatic N) is 4. The Morgan fingerprint density at radius 3 is 3.08 bits per heavy atom. The van der Waals surface area contributed by atoms with Gasteiger partial charge in [-0.2, -0.15) is 10.1 Å². The summed E-state index contributed by atoms with van der Waals surface area (Å²) in [5.41, 5.74) is 4.21. The number of benzene rings is 1. The molecule has 3 heterocycles. The van der Waals surface area contributed by atoms with Crippen LogP contribution in [0.4, 0.5) is 0 Å². The number of amides is 1. The van der Waals surface area contributed by atoms with E-state index in [4.69, 9.17) is 0 Å². The van der Waals surface area contributed by atoms with E-state index in [-0.39, 0.29) is 11.9 Å². The first-order valence-corrected chi connectivity index (χ1v) is 9.79. The number of carbonyl (C=O) groups is 1. The van der Waals surface area contributed by atoms with Gasteiger partial charge in [-0.3, -0.25) is 4.79 Å². The number of aryl methyl sites for hydroxylation is 2. The predicted octanol–water partition coefficient (Wildman–Crippen LogP) is 3.03. The summed E-state index contributed by atoms with van der Waals surface area (Å²) in [5, 5.41) is 7.41. The normalized spacial score (nSPS) is 16.5. The molecule has 7 heteroatoms. The molecule has 0 spiro atoms. The van der Waals surface area contributed by atoms with Gasteiger partial charge in [0.1, 0.15) is 6.33 Å². The Kier molecular flexibility index (Phi) is 4.63. The SMILES string of the molecule is Cc1nc2ncnn2c(C)c1CCC(=O)NC1CCSc2ccccc21. The highest BCUT2D eigenvalue weighted by atomic mass is 32.2. The number of hydrogen-bond donors (Lipinski definition) is 1. The van der Waals surface area contributed by atoms with E-state index in [9.17, 15) is 4.79 Å². The standard InChI is InChI=1S/C19H21N5OS/c1-12-14(13(2)24-19(22-12)20-11-21-24)7-8-18(25)23-16-9-10-26-17-6-4-3-5-15(16)17/h3-6,11,16H,7-10H2,1-2H3,(H,23,25). The van der Waals surface area contributed by atoms with Crippen molar-refractivity contribution >= 4 is 23.4 Å². The van der Waals surface area contributed by atoms with Crippen LogP contribution in [0.15, 0.2) is 35.5 Å². The van der Waals surface area contributed by atoms with Crippen molar-refractivity contribution in [2.45, 2.75) is 44.0 Å². The second-order valence-electron chi connectivity index (χ2n) is 6.53. The number of aromatic nitrogens is 4. The fraction of sp³-hybridized carbons (Fsp3) is 0.368. The van der Waals surface area contributed by atoms with Gasteiger partial charge in [0.15, 0.2) is 0 Å². The van der Waals surface area contributed by atoms with Gasteiger partial charge >= 0.3 is 0 Å². The molecule has 0 fully saturated rings. The second kappa shape index (κ2) is 7.07. The minimum Gasteiger partial charge on any atom is -0.349 e. The summed E-state index contributed by atoms with van der Waals surface area (Å²) in [7, 11) is 0. The van der Waals surface area contributed by atoms with Gasteiger partial charge in [-0.1, -0.05) is 18.2 Å². The van der Waals surface area contributed by atoms with Crippen molar-refractivity contribution in [3.63, 3.8) is 0 Å². The lowest BCUT2D eigenvalue weighted by Crippen LogP contribution is -2.30. The van der Waals surface area contributed by atoms with Crippen LogP contribution in [0, 0.1) is 13.8 Å². The molecule has 1 amide bonds. The van der Waals surface area contributed by atoms with Crippen LogP contribution in [0.2, 0.25) is 0 Å². The fourth-order valence-corrected chi connectivity index (χ4v) is 4.64. The van der Waals surface area contributed by atoms with E-state index < -0.39 is 0 Å². The Hall–Kier alpha value is -2.41.